The van der Waals surface area contributed by atoms with Gasteiger partial charge in [0.15, 0.2) is 5.76 Å². The molecule has 2 amide bonds. The summed E-state index contributed by atoms with van der Waals surface area (Å²) in [4.78, 5) is 30.2. The van der Waals surface area contributed by atoms with Gasteiger partial charge in [0.25, 0.3) is 0 Å². The Kier molecular flexibility index (Phi) is 8.17. The summed E-state index contributed by atoms with van der Waals surface area (Å²) in [5, 5.41) is 0. The van der Waals surface area contributed by atoms with E-state index in [0.717, 1.165) is 24.5 Å². The zero-order valence-electron chi connectivity index (χ0n) is 15.0. The first-order valence-electron chi connectivity index (χ1n) is 8.50. The maximum absolute atomic E-state index is 12.0. The van der Waals surface area contributed by atoms with E-state index in [1.165, 1.54) is 11.8 Å². The van der Waals surface area contributed by atoms with E-state index in [1.807, 2.05) is 18.2 Å². The van der Waals surface area contributed by atoms with Crippen molar-refractivity contribution < 1.29 is 14.0 Å². The highest BCUT2D eigenvalue weighted by molar-refractivity contribution is 7.99. The highest BCUT2D eigenvalue weighted by atomic mass is 32.2. The number of hydrogen-bond donors (Lipinski definition) is 2. The number of thioether (sulfide) groups is 1. The molecule has 2 rings (SSSR count). The van der Waals surface area contributed by atoms with Gasteiger partial charge in [-0.25, -0.2) is 0 Å². The summed E-state index contributed by atoms with van der Waals surface area (Å²) in [6.07, 6.45) is 1.72. The van der Waals surface area contributed by atoms with Crippen molar-refractivity contribution in [1.29, 1.82) is 0 Å². The van der Waals surface area contributed by atoms with Gasteiger partial charge in [-0.3, -0.25) is 30.3 Å². The summed E-state index contributed by atoms with van der Waals surface area (Å²) in [6.45, 7) is 6.61. The lowest BCUT2D eigenvalue weighted by atomic mass is 10.4. The second-order valence-electron chi connectivity index (χ2n) is 5.54. The predicted molar refractivity (Wildman–Crippen MR) is 101 cm³/mol. The third-order valence-corrected chi connectivity index (χ3v) is 4.65. The molecule has 0 radical (unpaired) electrons. The van der Waals surface area contributed by atoms with Gasteiger partial charge in [0.05, 0.1) is 18.0 Å². The van der Waals surface area contributed by atoms with Gasteiger partial charge in [-0.05, 0) is 37.4 Å². The van der Waals surface area contributed by atoms with Gasteiger partial charge >= 0.3 is 5.91 Å². The molecule has 0 aliphatic rings. The van der Waals surface area contributed by atoms with Crippen LogP contribution in [0.4, 0.5) is 0 Å². The van der Waals surface area contributed by atoms with Gasteiger partial charge in [-0.1, -0.05) is 19.9 Å². The Morgan fingerprint density at radius 1 is 1.15 bits per heavy atom. The maximum atomic E-state index is 12.0. The van der Waals surface area contributed by atoms with E-state index in [9.17, 15) is 9.59 Å². The summed E-state index contributed by atoms with van der Waals surface area (Å²) in [7, 11) is 0. The van der Waals surface area contributed by atoms with Gasteiger partial charge in [-0.2, -0.15) is 0 Å². The van der Waals surface area contributed by atoms with Gasteiger partial charge in [-0.15, -0.1) is 11.8 Å². The van der Waals surface area contributed by atoms with Gasteiger partial charge in [0.1, 0.15) is 5.76 Å². The molecule has 0 aromatic carbocycles. The van der Waals surface area contributed by atoms with Crippen LogP contribution in [0.5, 0.6) is 0 Å². The molecule has 0 unspecified atom stereocenters. The average molecular weight is 376 g/mol. The van der Waals surface area contributed by atoms with Crippen molar-refractivity contribution in [3.8, 4) is 0 Å². The predicted octanol–water partition coefficient (Wildman–Crippen LogP) is 2.21. The lowest BCUT2D eigenvalue weighted by Gasteiger charge is -2.15. The summed E-state index contributed by atoms with van der Waals surface area (Å²) in [5.74, 6) is 0.995. The Morgan fingerprint density at radius 2 is 1.96 bits per heavy atom. The first-order chi connectivity index (χ1) is 12.6. The number of aromatic nitrogens is 1. The molecule has 8 heteroatoms. The molecule has 0 saturated heterocycles. The molecule has 0 aliphatic carbocycles. The molecule has 7 nitrogen and oxygen atoms in total. The Bertz CT molecular complexity index is 701. The molecule has 2 aromatic rings. The molecular formula is C18H24N4O3S. The Morgan fingerprint density at radius 3 is 2.65 bits per heavy atom. The molecular weight excluding hydrogens is 352 g/mol. The van der Waals surface area contributed by atoms with E-state index in [0.29, 0.717) is 12.3 Å². The second kappa shape index (κ2) is 10.6. The Balaban J connectivity index is 1.70. The van der Waals surface area contributed by atoms with Crippen LogP contribution in [0.15, 0.2) is 40.9 Å². The molecule has 0 saturated carbocycles. The van der Waals surface area contributed by atoms with Gasteiger partial charge < -0.3 is 4.42 Å². The lowest BCUT2D eigenvalue weighted by Crippen LogP contribution is -2.42. The van der Waals surface area contributed by atoms with Crippen molar-refractivity contribution in [1.82, 2.24) is 20.7 Å². The number of carbonyl (C=O) groups is 2. The van der Waals surface area contributed by atoms with Crippen molar-refractivity contribution in [2.45, 2.75) is 26.1 Å². The van der Waals surface area contributed by atoms with E-state index >= 15 is 0 Å². The lowest BCUT2D eigenvalue weighted by molar-refractivity contribution is -0.119. The first kappa shape index (κ1) is 20.0. The summed E-state index contributed by atoms with van der Waals surface area (Å²) in [6, 6.07) is 9.03. The highest BCUT2D eigenvalue weighted by Crippen LogP contribution is 2.11. The molecule has 0 fully saturated rings. The van der Waals surface area contributed by atoms with Crippen LogP contribution >= 0.6 is 11.8 Å². The minimum Gasteiger partial charge on any atom is -0.454 e. The minimum absolute atomic E-state index is 0.175. The van der Waals surface area contributed by atoms with Crippen molar-refractivity contribution in [2.24, 2.45) is 0 Å². The molecule has 26 heavy (non-hydrogen) atoms. The van der Waals surface area contributed by atoms with E-state index in [1.54, 1.807) is 18.3 Å². The van der Waals surface area contributed by atoms with Crippen molar-refractivity contribution >= 4 is 23.6 Å². The minimum atomic E-state index is -0.473. The van der Waals surface area contributed by atoms with Crippen LogP contribution in [0.3, 0.4) is 0 Å². The molecule has 2 heterocycles. The number of amides is 2. The number of pyridine rings is 1. The summed E-state index contributed by atoms with van der Waals surface area (Å²) >= 11 is 1.42. The smallest absolute Gasteiger partial charge is 0.305 e. The number of nitrogens with one attached hydrogen (secondary N) is 2. The fourth-order valence-electron chi connectivity index (χ4n) is 2.21. The number of hydrogen-bond acceptors (Lipinski definition) is 6. The van der Waals surface area contributed by atoms with Crippen LogP contribution in [-0.2, 0) is 17.1 Å². The standard InChI is InChI=1S/C18H24N4O3S/c1-3-22(4-2)11-15-8-9-16(25-15)18(24)21-20-17(23)13-26-12-14-7-5-6-10-19-14/h5-10H,3-4,11-13H2,1-2H3,(H,20,23)(H,21,24). The topological polar surface area (TPSA) is 87.5 Å². The monoisotopic (exact) mass is 376 g/mol. The molecule has 0 bridgehead atoms. The fourth-order valence-corrected chi connectivity index (χ4v) is 2.95. The third kappa shape index (κ3) is 6.53. The Labute approximate surface area is 157 Å². The van der Waals surface area contributed by atoms with Crippen LogP contribution in [0, 0.1) is 0 Å². The number of rotatable bonds is 9. The quantitative estimate of drug-likeness (QED) is 0.653. The van der Waals surface area contributed by atoms with Crippen LogP contribution in [0.25, 0.3) is 0 Å². The van der Waals surface area contributed by atoms with E-state index < -0.39 is 5.91 Å². The van der Waals surface area contributed by atoms with Gasteiger partial charge in [0.2, 0.25) is 5.91 Å². The van der Waals surface area contributed by atoms with Crippen LogP contribution in [-0.4, -0.2) is 40.5 Å². The van der Waals surface area contributed by atoms with Crippen molar-refractivity contribution in [3.63, 3.8) is 0 Å². The molecule has 2 aromatic heterocycles. The number of nitrogens with zero attached hydrogens (tertiary/aromatic N) is 2. The van der Waals surface area contributed by atoms with Crippen molar-refractivity contribution in [3.05, 3.63) is 53.7 Å². The van der Waals surface area contributed by atoms with Crippen molar-refractivity contribution in [2.75, 3.05) is 18.8 Å². The van der Waals surface area contributed by atoms with E-state index in [4.69, 9.17) is 4.42 Å². The zero-order valence-corrected chi connectivity index (χ0v) is 15.8. The highest BCUT2D eigenvalue weighted by Gasteiger charge is 2.13. The van der Waals surface area contributed by atoms with Gasteiger partial charge in [0, 0.05) is 11.9 Å². The first-order valence-corrected chi connectivity index (χ1v) is 9.65. The van der Waals surface area contributed by atoms with Crippen LogP contribution in [0.1, 0.15) is 35.9 Å². The summed E-state index contributed by atoms with van der Waals surface area (Å²) in [5.41, 5.74) is 5.66. The SMILES string of the molecule is CCN(CC)Cc1ccc(C(=O)NNC(=O)CSCc2ccccn2)o1. The van der Waals surface area contributed by atoms with Crippen LogP contribution in [0.2, 0.25) is 0 Å². The number of furan rings is 1. The summed E-state index contributed by atoms with van der Waals surface area (Å²) < 4.78 is 5.53. The molecule has 0 spiro atoms. The molecule has 140 valence electrons. The molecule has 0 atom stereocenters. The maximum Gasteiger partial charge on any atom is 0.305 e. The zero-order chi connectivity index (χ0) is 18.8. The largest absolute Gasteiger partial charge is 0.454 e. The van der Waals surface area contributed by atoms with E-state index in [2.05, 4.69) is 34.6 Å². The molecule has 2 N–H and O–H groups in total. The molecule has 0 aliphatic heterocycles. The number of hydrazine groups is 1. The fraction of sp³-hybridized carbons (Fsp3) is 0.389. The van der Waals surface area contributed by atoms with E-state index in [-0.39, 0.29) is 17.4 Å². The number of carbonyl (C=O) groups excluding carboxylic acids is 2. The van der Waals surface area contributed by atoms with Crippen LogP contribution < -0.4 is 10.9 Å². The third-order valence-electron chi connectivity index (χ3n) is 3.68. The second-order valence-corrected chi connectivity index (χ2v) is 6.53. The Hall–Kier alpha value is -2.32. The average Bonchev–Trinajstić information content (AvgIpc) is 3.13. The normalized spacial score (nSPS) is 10.7.